The predicted molar refractivity (Wildman–Crippen MR) is 113 cm³/mol. The van der Waals surface area contributed by atoms with E-state index in [2.05, 4.69) is 11.0 Å². The normalized spacial score (nSPS) is 16.1. The number of hydrogen-bond acceptors (Lipinski definition) is 4. The molecule has 2 aromatic carbocycles. The quantitative estimate of drug-likeness (QED) is 0.743. The summed E-state index contributed by atoms with van der Waals surface area (Å²) in [7, 11) is 1.63. The van der Waals surface area contributed by atoms with Gasteiger partial charge in [0.15, 0.2) is 0 Å². The number of rotatable bonds is 7. The fraction of sp³-hybridized carbons (Fsp3) is 0.391. The summed E-state index contributed by atoms with van der Waals surface area (Å²) in [6.07, 6.45) is 3.53. The number of amides is 1. The lowest BCUT2D eigenvalue weighted by Crippen LogP contribution is -2.32. The first kappa shape index (κ1) is 20.7. The molecule has 1 fully saturated rings. The standard InChI is InChI=1S/C23H28N2O4/c1-15(21(22(24)26)16-6-8-17(9-7-16)23(27)28)19-14-18(29-2)10-11-20(19)25-12-4-3-5-13-25/h6-11,14-15,21H,3-5,12-13H2,1-2H3,(H2,24,26)(H,27,28). The number of carboxylic acid groups (broad SMARTS) is 1. The van der Waals surface area contributed by atoms with Crippen molar-refractivity contribution in [2.75, 3.05) is 25.1 Å². The highest BCUT2D eigenvalue weighted by molar-refractivity contribution is 5.88. The Bertz CT molecular complexity index is 873. The fourth-order valence-corrected chi connectivity index (χ4v) is 4.16. The smallest absolute Gasteiger partial charge is 0.335 e. The molecule has 1 heterocycles. The van der Waals surface area contributed by atoms with E-state index in [9.17, 15) is 9.59 Å². The van der Waals surface area contributed by atoms with Crippen LogP contribution in [0.4, 0.5) is 5.69 Å². The Morgan fingerprint density at radius 2 is 1.72 bits per heavy atom. The summed E-state index contributed by atoms with van der Waals surface area (Å²) in [5.74, 6) is -1.48. The highest BCUT2D eigenvalue weighted by Gasteiger charge is 2.29. The summed E-state index contributed by atoms with van der Waals surface area (Å²) >= 11 is 0. The molecule has 6 nitrogen and oxygen atoms in total. The van der Waals surface area contributed by atoms with Crippen molar-refractivity contribution >= 4 is 17.6 Å². The van der Waals surface area contributed by atoms with Crippen LogP contribution < -0.4 is 15.4 Å². The summed E-state index contributed by atoms with van der Waals surface area (Å²) in [4.78, 5) is 25.9. The van der Waals surface area contributed by atoms with Crippen LogP contribution in [0, 0.1) is 0 Å². The number of methoxy groups -OCH3 is 1. The maximum absolute atomic E-state index is 12.4. The average Bonchev–Trinajstić information content (AvgIpc) is 2.74. The molecule has 1 aliphatic rings. The Morgan fingerprint density at radius 1 is 1.07 bits per heavy atom. The number of carboxylic acids is 1. The van der Waals surface area contributed by atoms with Gasteiger partial charge in [-0.1, -0.05) is 19.1 Å². The number of anilines is 1. The Labute approximate surface area is 171 Å². The molecule has 1 aliphatic heterocycles. The highest BCUT2D eigenvalue weighted by atomic mass is 16.5. The van der Waals surface area contributed by atoms with Gasteiger partial charge >= 0.3 is 5.97 Å². The van der Waals surface area contributed by atoms with E-state index >= 15 is 0 Å². The van der Waals surface area contributed by atoms with Gasteiger partial charge in [-0.05, 0) is 66.6 Å². The van der Waals surface area contributed by atoms with E-state index in [1.54, 1.807) is 19.2 Å². The van der Waals surface area contributed by atoms with Gasteiger partial charge in [0, 0.05) is 18.8 Å². The third-order valence-corrected chi connectivity index (χ3v) is 5.75. The van der Waals surface area contributed by atoms with Crippen LogP contribution in [0.15, 0.2) is 42.5 Å². The van der Waals surface area contributed by atoms with Crippen molar-refractivity contribution in [1.82, 2.24) is 0 Å². The largest absolute Gasteiger partial charge is 0.497 e. The molecule has 0 aromatic heterocycles. The number of nitrogens with two attached hydrogens (primary N) is 1. The molecule has 0 bridgehead atoms. The Balaban J connectivity index is 2.01. The molecule has 6 heteroatoms. The van der Waals surface area contributed by atoms with E-state index in [1.165, 1.54) is 18.6 Å². The van der Waals surface area contributed by atoms with Crippen LogP contribution in [-0.4, -0.2) is 37.2 Å². The second kappa shape index (κ2) is 8.99. The molecular formula is C23H28N2O4. The van der Waals surface area contributed by atoms with Crippen molar-refractivity contribution in [3.8, 4) is 5.75 Å². The molecule has 2 aromatic rings. The number of aromatic carboxylic acids is 1. The van der Waals surface area contributed by atoms with Gasteiger partial charge in [0.25, 0.3) is 0 Å². The molecule has 1 saturated heterocycles. The molecule has 1 amide bonds. The number of benzene rings is 2. The van der Waals surface area contributed by atoms with Crippen molar-refractivity contribution in [1.29, 1.82) is 0 Å². The molecule has 3 N–H and O–H groups in total. The van der Waals surface area contributed by atoms with Crippen LogP contribution >= 0.6 is 0 Å². The molecule has 0 radical (unpaired) electrons. The summed E-state index contributed by atoms with van der Waals surface area (Å²) in [6, 6.07) is 12.4. The highest BCUT2D eigenvalue weighted by Crippen LogP contribution is 2.40. The molecule has 0 spiro atoms. The second-order valence-electron chi connectivity index (χ2n) is 7.57. The maximum atomic E-state index is 12.4. The lowest BCUT2D eigenvalue weighted by Gasteiger charge is -2.33. The number of carbonyl (C=O) groups is 2. The van der Waals surface area contributed by atoms with E-state index in [-0.39, 0.29) is 11.5 Å². The first-order valence-electron chi connectivity index (χ1n) is 9.98. The van der Waals surface area contributed by atoms with E-state index in [0.29, 0.717) is 5.56 Å². The van der Waals surface area contributed by atoms with Gasteiger partial charge in [-0.25, -0.2) is 4.79 Å². The molecule has 29 heavy (non-hydrogen) atoms. The number of primary amides is 1. The molecular weight excluding hydrogens is 368 g/mol. The summed E-state index contributed by atoms with van der Waals surface area (Å²) < 4.78 is 5.44. The first-order valence-corrected chi connectivity index (χ1v) is 9.98. The van der Waals surface area contributed by atoms with Gasteiger partial charge in [0.1, 0.15) is 5.75 Å². The lowest BCUT2D eigenvalue weighted by molar-refractivity contribution is -0.119. The van der Waals surface area contributed by atoms with Crippen molar-refractivity contribution < 1.29 is 19.4 Å². The average molecular weight is 396 g/mol. The van der Waals surface area contributed by atoms with Crippen molar-refractivity contribution in [3.63, 3.8) is 0 Å². The van der Waals surface area contributed by atoms with E-state index in [1.807, 2.05) is 19.1 Å². The Hall–Kier alpha value is -3.02. The third-order valence-electron chi connectivity index (χ3n) is 5.75. The number of nitrogens with zero attached hydrogens (tertiary/aromatic N) is 1. The fourth-order valence-electron chi connectivity index (χ4n) is 4.16. The summed E-state index contributed by atoms with van der Waals surface area (Å²) in [6.45, 7) is 3.96. The van der Waals surface area contributed by atoms with Crippen molar-refractivity contribution in [2.45, 2.75) is 38.0 Å². The minimum atomic E-state index is -1.000. The van der Waals surface area contributed by atoms with Crippen LogP contribution in [-0.2, 0) is 4.79 Å². The van der Waals surface area contributed by atoms with Crippen LogP contribution in [0.5, 0.6) is 5.75 Å². The van der Waals surface area contributed by atoms with Gasteiger partial charge < -0.3 is 20.5 Å². The van der Waals surface area contributed by atoms with Crippen LogP contribution in [0.25, 0.3) is 0 Å². The van der Waals surface area contributed by atoms with Crippen molar-refractivity contribution in [2.24, 2.45) is 5.73 Å². The first-order chi connectivity index (χ1) is 13.9. The predicted octanol–water partition coefficient (Wildman–Crippen LogP) is 3.76. The minimum Gasteiger partial charge on any atom is -0.497 e. The molecule has 0 aliphatic carbocycles. The van der Waals surface area contributed by atoms with Gasteiger partial charge in [0.2, 0.25) is 5.91 Å². The molecule has 3 rings (SSSR count). The zero-order valence-corrected chi connectivity index (χ0v) is 16.9. The molecule has 154 valence electrons. The second-order valence-corrected chi connectivity index (χ2v) is 7.57. The van der Waals surface area contributed by atoms with Crippen molar-refractivity contribution in [3.05, 3.63) is 59.2 Å². The number of piperidine rings is 1. The molecule has 2 atom stereocenters. The van der Waals surface area contributed by atoms with Crippen LogP contribution in [0.1, 0.15) is 59.5 Å². The van der Waals surface area contributed by atoms with E-state index in [4.69, 9.17) is 15.6 Å². The van der Waals surface area contributed by atoms with Gasteiger partial charge in [-0.15, -0.1) is 0 Å². The van der Waals surface area contributed by atoms with Gasteiger partial charge in [-0.2, -0.15) is 0 Å². The SMILES string of the molecule is COc1ccc(N2CCCCC2)c(C(C)C(C(N)=O)c2ccc(C(=O)O)cc2)c1. The number of carbonyl (C=O) groups excluding carboxylic acids is 1. The third kappa shape index (κ3) is 4.53. The van der Waals surface area contributed by atoms with Crippen LogP contribution in [0.2, 0.25) is 0 Å². The monoisotopic (exact) mass is 396 g/mol. The van der Waals surface area contributed by atoms with Gasteiger partial charge in [-0.3, -0.25) is 4.79 Å². The number of hydrogen-bond donors (Lipinski definition) is 2. The summed E-state index contributed by atoms with van der Waals surface area (Å²) in [5, 5.41) is 9.14. The Morgan fingerprint density at radius 3 is 2.28 bits per heavy atom. The van der Waals surface area contributed by atoms with E-state index in [0.717, 1.165) is 42.9 Å². The lowest BCUT2D eigenvalue weighted by atomic mass is 9.81. The zero-order valence-electron chi connectivity index (χ0n) is 16.9. The molecule has 2 unspecified atom stereocenters. The maximum Gasteiger partial charge on any atom is 0.335 e. The van der Waals surface area contributed by atoms with Crippen LogP contribution in [0.3, 0.4) is 0 Å². The minimum absolute atomic E-state index is 0.181. The van der Waals surface area contributed by atoms with E-state index < -0.39 is 17.8 Å². The zero-order chi connectivity index (χ0) is 21.0. The number of ether oxygens (including phenoxy) is 1. The van der Waals surface area contributed by atoms with Gasteiger partial charge in [0.05, 0.1) is 18.6 Å². The topological polar surface area (TPSA) is 92.9 Å². The molecule has 0 saturated carbocycles. The Kier molecular flexibility index (Phi) is 6.42. The summed E-state index contributed by atoms with van der Waals surface area (Å²) in [5.41, 5.74) is 8.81.